The van der Waals surface area contributed by atoms with Gasteiger partial charge >= 0.3 is 0 Å². The lowest BCUT2D eigenvalue weighted by molar-refractivity contribution is -0.146. The third-order valence-electron chi connectivity index (χ3n) is 8.25. The molecule has 1 heterocycles. The van der Waals surface area contributed by atoms with Crippen LogP contribution in [0.3, 0.4) is 0 Å². The van der Waals surface area contributed by atoms with Crippen LogP contribution in [0.5, 0.6) is 11.5 Å². The Bertz CT molecular complexity index is 1190. The molecule has 5 aliphatic rings. The number of rotatable bonds is 7. The van der Waals surface area contributed by atoms with Gasteiger partial charge in [0.15, 0.2) is 0 Å². The Balaban J connectivity index is 1.33. The van der Waals surface area contributed by atoms with E-state index in [0.29, 0.717) is 29.0 Å². The monoisotopic (exact) mass is 472 g/mol. The van der Waals surface area contributed by atoms with E-state index in [1.807, 2.05) is 30.3 Å². The van der Waals surface area contributed by atoms with Gasteiger partial charge in [-0.15, -0.1) is 0 Å². The number of methoxy groups -OCH3 is 2. The summed E-state index contributed by atoms with van der Waals surface area (Å²) in [6, 6.07) is 13.6. The fourth-order valence-electron chi connectivity index (χ4n) is 6.54. The summed E-state index contributed by atoms with van der Waals surface area (Å²) in [5, 5.41) is 2.91. The summed E-state index contributed by atoms with van der Waals surface area (Å²) in [4.78, 5) is 42.5. The highest BCUT2D eigenvalue weighted by Crippen LogP contribution is 2.65. The zero-order valence-electron chi connectivity index (χ0n) is 19.7. The van der Waals surface area contributed by atoms with Crippen molar-refractivity contribution >= 4 is 23.4 Å². The molecule has 7 heteroatoms. The fourth-order valence-corrected chi connectivity index (χ4v) is 6.54. The first-order chi connectivity index (χ1) is 17.0. The molecule has 3 amide bonds. The molecule has 2 saturated carbocycles. The van der Waals surface area contributed by atoms with Gasteiger partial charge in [0, 0.05) is 12.5 Å². The molecule has 1 saturated heterocycles. The summed E-state index contributed by atoms with van der Waals surface area (Å²) < 4.78 is 10.7. The Kier molecular flexibility index (Phi) is 5.16. The molecular formula is C28H28N2O5. The number of ether oxygens (including phenoxy) is 2. The van der Waals surface area contributed by atoms with Gasteiger partial charge < -0.3 is 14.8 Å². The lowest BCUT2D eigenvalue weighted by Crippen LogP contribution is -2.49. The highest BCUT2D eigenvalue weighted by Gasteiger charge is 2.67. The minimum Gasteiger partial charge on any atom is -0.497 e. The van der Waals surface area contributed by atoms with E-state index in [-0.39, 0.29) is 41.9 Å². The molecule has 1 aliphatic heterocycles. The van der Waals surface area contributed by atoms with Crippen molar-refractivity contribution in [2.45, 2.75) is 18.9 Å². The number of amides is 3. The van der Waals surface area contributed by atoms with Gasteiger partial charge in [-0.1, -0.05) is 42.5 Å². The number of carbonyl (C=O) groups excluding carboxylic acids is 3. The van der Waals surface area contributed by atoms with Crippen LogP contribution in [0.25, 0.3) is 0 Å². The number of nitrogens with one attached hydrogen (secondary N) is 1. The third kappa shape index (κ3) is 3.44. The van der Waals surface area contributed by atoms with Crippen LogP contribution in [0.1, 0.15) is 12.0 Å². The molecule has 2 aromatic carbocycles. The molecule has 3 fully saturated rings. The second-order valence-corrected chi connectivity index (χ2v) is 9.96. The highest BCUT2D eigenvalue weighted by molar-refractivity contribution is 6.11. The van der Waals surface area contributed by atoms with E-state index in [2.05, 4.69) is 17.5 Å². The molecule has 4 aliphatic carbocycles. The normalized spacial score (nSPS) is 30.5. The molecule has 7 rings (SSSR count). The average Bonchev–Trinajstić information content (AvgIpc) is 3.67. The largest absolute Gasteiger partial charge is 0.497 e. The van der Waals surface area contributed by atoms with Crippen molar-refractivity contribution in [3.8, 4) is 11.5 Å². The Labute approximate surface area is 204 Å². The topological polar surface area (TPSA) is 84.9 Å². The molecule has 0 unspecified atom stereocenters. The van der Waals surface area contributed by atoms with E-state index in [0.717, 1.165) is 12.0 Å². The lowest BCUT2D eigenvalue weighted by atomic mass is 9.63. The van der Waals surface area contributed by atoms with Gasteiger partial charge in [0.1, 0.15) is 17.5 Å². The van der Waals surface area contributed by atoms with E-state index in [1.54, 1.807) is 25.3 Å². The molecule has 1 N–H and O–H groups in total. The van der Waals surface area contributed by atoms with E-state index in [4.69, 9.17) is 9.47 Å². The lowest BCUT2D eigenvalue weighted by Gasteiger charge is -2.37. The summed E-state index contributed by atoms with van der Waals surface area (Å²) in [5.41, 5.74) is 1.34. The van der Waals surface area contributed by atoms with Crippen LogP contribution in [0.4, 0.5) is 5.69 Å². The van der Waals surface area contributed by atoms with Gasteiger partial charge in [0.05, 0.1) is 31.7 Å². The van der Waals surface area contributed by atoms with Crippen LogP contribution in [-0.2, 0) is 20.8 Å². The predicted molar refractivity (Wildman–Crippen MR) is 129 cm³/mol. The Morgan fingerprint density at radius 3 is 2.23 bits per heavy atom. The number of carbonyl (C=O) groups is 3. The van der Waals surface area contributed by atoms with Crippen molar-refractivity contribution in [3.05, 3.63) is 66.2 Å². The summed E-state index contributed by atoms with van der Waals surface area (Å²) >= 11 is 0. The minimum absolute atomic E-state index is 0.110. The summed E-state index contributed by atoms with van der Waals surface area (Å²) in [7, 11) is 3.07. The standard InChI is InChI=1S/C28H28N2O5/c1-34-16-8-11-21(23(13-16)35-2)29-26(31)22(12-15-6-4-3-5-7-15)30-27(32)24-17-9-10-18(20-14-19(17)20)25(24)28(30)33/h3-11,13,17-20,22,24-25H,12,14H2,1-2H3,(H,29,31)/t17-,18-,19-,20+,22-,24-,25+/m0/s1. The Hall–Kier alpha value is -3.61. The number of imide groups is 1. The van der Waals surface area contributed by atoms with Crippen molar-refractivity contribution in [2.24, 2.45) is 35.5 Å². The third-order valence-corrected chi connectivity index (χ3v) is 8.25. The summed E-state index contributed by atoms with van der Waals surface area (Å²) in [6.07, 6.45) is 5.63. The number of hydrogen-bond donors (Lipinski definition) is 1. The van der Waals surface area contributed by atoms with E-state index >= 15 is 0 Å². The number of allylic oxidation sites excluding steroid dienone is 2. The maximum atomic E-state index is 13.7. The fraction of sp³-hybridized carbons (Fsp3) is 0.393. The first kappa shape index (κ1) is 21.9. The number of anilines is 1. The molecule has 0 aromatic heterocycles. The van der Waals surface area contributed by atoms with Crippen molar-refractivity contribution < 1.29 is 23.9 Å². The zero-order chi connectivity index (χ0) is 24.3. The average molecular weight is 473 g/mol. The highest BCUT2D eigenvalue weighted by atomic mass is 16.5. The first-order valence-corrected chi connectivity index (χ1v) is 12.1. The SMILES string of the molecule is COc1ccc(NC(=O)[C@H](Cc2ccccc2)N2C(=O)[C@@H]3[C@H]4C=C[C@@H]([C@@H]5C[C@H]45)[C@@H]3C2=O)c(OC)c1. The molecule has 2 aromatic rings. The van der Waals surface area contributed by atoms with E-state index in [1.165, 1.54) is 12.0 Å². The van der Waals surface area contributed by atoms with E-state index < -0.39 is 11.9 Å². The predicted octanol–water partition coefficient (Wildman–Crippen LogP) is 3.31. The zero-order valence-corrected chi connectivity index (χ0v) is 19.7. The van der Waals surface area contributed by atoms with E-state index in [9.17, 15) is 14.4 Å². The molecule has 35 heavy (non-hydrogen) atoms. The van der Waals surface area contributed by atoms with Crippen LogP contribution in [0.15, 0.2) is 60.7 Å². The molecule has 180 valence electrons. The number of nitrogens with zero attached hydrogens (tertiary/aromatic N) is 1. The van der Waals surface area contributed by atoms with Crippen molar-refractivity contribution in [1.82, 2.24) is 4.90 Å². The van der Waals surface area contributed by atoms with Crippen molar-refractivity contribution in [1.29, 1.82) is 0 Å². The number of hydrogen-bond acceptors (Lipinski definition) is 5. The Morgan fingerprint density at radius 2 is 1.63 bits per heavy atom. The minimum atomic E-state index is -0.953. The first-order valence-electron chi connectivity index (χ1n) is 12.1. The molecular weight excluding hydrogens is 444 g/mol. The summed E-state index contributed by atoms with van der Waals surface area (Å²) in [5.74, 6) is 0.749. The molecule has 7 atom stereocenters. The Morgan fingerprint density at radius 1 is 0.971 bits per heavy atom. The van der Waals surface area contributed by atoms with Crippen LogP contribution >= 0.6 is 0 Å². The van der Waals surface area contributed by atoms with Gasteiger partial charge in [0.2, 0.25) is 17.7 Å². The van der Waals surface area contributed by atoms with Crippen LogP contribution < -0.4 is 14.8 Å². The quantitative estimate of drug-likeness (QED) is 0.494. The van der Waals surface area contributed by atoms with Crippen LogP contribution in [-0.4, -0.2) is 42.9 Å². The maximum absolute atomic E-state index is 13.7. The second kappa shape index (κ2) is 8.26. The molecule has 0 spiro atoms. The molecule has 7 nitrogen and oxygen atoms in total. The van der Waals surface area contributed by atoms with Crippen molar-refractivity contribution in [3.63, 3.8) is 0 Å². The molecule has 2 bridgehead atoms. The van der Waals surface area contributed by atoms with Gasteiger partial charge in [-0.3, -0.25) is 19.3 Å². The number of benzene rings is 2. The summed E-state index contributed by atoms with van der Waals surface area (Å²) in [6.45, 7) is 0. The second-order valence-electron chi connectivity index (χ2n) is 9.96. The van der Waals surface area contributed by atoms with Crippen molar-refractivity contribution in [2.75, 3.05) is 19.5 Å². The van der Waals surface area contributed by atoms with Gasteiger partial charge in [0.25, 0.3) is 0 Å². The van der Waals surface area contributed by atoms with Crippen LogP contribution in [0.2, 0.25) is 0 Å². The molecule has 0 radical (unpaired) electrons. The number of likely N-dealkylation sites (tertiary alicyclic amines) is 1. The van der Waals surface area contributed by atoms with Gasteiger partial charge in [-0.05, 0) is 47.8 Å². The van der Waals surface area contributed by atoms with Crippen LogP contribution in [0, 0.1) is 35.5 Å². The maximum Gasteiger partial charge on any atom is 0.248 e. The van der Waals surface area contributed by atoms with Gasteiger partial charge in [-0.25, -0.2) is 0 Å². The smallest absolute Gasteiger partial charge is 0.248 e. The van der Waals surface area contributed by atoms with Gasteiger partial charge in [-0.2, -0.15) is 0 Å².